The summed E-state index contributed by atoms with van der Waals surface area (Å²) in [7, 11) is -4.23. The number of fused-ring (bicyclic) bond motifs is 2. The largest absolute Gasteiger partial charge is 0.545 e. The molecule has 0 N–H and O–H groups in total. The maximum atomic E-state index is 14.4. The van der Waals surface area contributed by atoms with Gasteiger partial charge in [-0.3, -0.25) is 4.79 Å². The quantitative estimate of drug-likeness (QED) is 0.339. The molecule has 0 radical (unpaired) electrons. The van der Waals surface area contributed by atoms with Crippen LogP contribution in [0.1, 0.15) is 65.5 Å². The predicted octanol–water partition coefficient (Wildman–Crippen LogP) is 8.56. The zero-order valence-electron chi connectivity index (χ0n) is 25.1. The van der Waals surface area contributed by atoms with Gasteiger partial charge in [-0.2, -0.15) is 0 Å². The van der Waals surface area contributed by atoms with E-state index in [9.17, 15) is 4.79 Å². The van der Waals surface area contributed by atoms with Gasteiger partial charge in [0.15, 0.2) is 8.32 Å². The van der Waals surface area contributed by atoms with Crippen molar-refractivity contribution < 1.29 is 13.6 Å². The predicted molar refractivity (Wildman–Crippen MR) is 163 cm³/mol. The SMILES string of the molecule is CC(C)(C)[Si](C)(C)OC1=C[C@@]2(CC[C@H]1O[Si](C)(C)C(C)(C)C)C(=O)N(Cc1ccccc1)c1ccccc12. The van der Waals surface area contributed by atoms with E-state index in [4.69, 9.17) is 8.85 Å². The summed E-state index contributed by atoms with van der Waals surface area (Å²) in [6.07, 6.45) is 3.53. The molecule has 1 heterocycles. The van der Waals surface area contributed by atoms with Gasteiger partial charge in [0.25, 0.3) is 0 Å². The summed E-state index contributed by atoms with van der Waals surface area (Å²) >= 11 is 0. The lowest BCUT2D eigenvalue weighted by atomic mass is 9.73. The zero-order chi connectivity index (χ0) is 28.1. The number of nitrogens with zero attached hydrogens (tertiary/aromatic N) is 1. The number of hydrogen-bond donors (Lipinski definition) is 0. The molecule has 2 atom stereocenters. The topological polar surface area (TPSA) is 38.8 Å². The summed E-state index contributed by atoms with van der Waals surface area (Å²) < 4.78 is 14.1. The first-order valence-corrected chi connectivity index (χ1v) is 19.9. The van der Waals surface area contributed by atoms with Gasteiger partial charge in [0.1, 0.15) is 11.9 Å². The number of para-hydroxylation sites is 1. The summed E-state index contributed by atoms with van der Waals surface area (Å²) in [6, 6.07) is 18.6. The van der Waals surface area contributed by atoms with Gasteiger partial charge in [-0.15, -0.1) is 0 Å². The molecular formula is C32H47NO3Si2. The average molecular weight is 550 g/mol. The van der Waals surface area contributed by atoms with Gasteiger partial charge in [-0.05, 0) is 72.4 Å². The molecule has 0 unspecified atom stereocenters. The fourth-order valence-electron chi connectivity index (χ4n) is 4.96. The fourth-order valence-corrected chi connectivity index (χ4v) is 7.34. The van der Waals surface area contributed by atoms with Crippen molar-refractivity contribution in [1.82, 2.24) is 0 Å². The molecule has 6 heteroatoms. The van der Waals surface area contributed by atoms with Crippen molar-refractivity contribution in [2.75, 3.05) is 4.90 Å². The van der Waals surface area contributed by atoms with Crippen LogP contribution < -0.4 is 4.90 Å². The lowest BCUT2D eigenvalue weighted by Crippen LogP contribution is -2.50. The number of amides is 1. The van der Waals surface area contributed by atoms with E-state index in [1.54, 1.807) is 0 Å². The van der Waals surface area contributed by atoms with E-state index in [2.05, 4.69) is 104 Å². The van der Waals surface area contributed by atoms with Gasteiger partial charge in [0, 0.05) is 5.69 Å². The third-order valence-electron chi connectivity index (χ3n) is 9.41. The minimum Gasteiger partial charge on any atom is -0.545 e. The minimum absolute atomic E-state index is 0.0386. The Kier molecular flexibility index (Phi) is 7.43. The fraction of sp³-hybridized carbons (Fsp3) is 0.531. The second kappa shape index (κ2) is 9.79. The third-order valence-corrected chi connectivity index (χ3v) is 18.3. The Morgan fingerprint density at radius 3 is 2.05 bits per heavy atom. The molecule has 2 aliphatic rings. The van der Waals surface area contributed by atoms with Crippen molar-refractivity contribution in [2.45, 2.75) is 109 Å². The standard InChI is InChI=1S/C32H47NO3Si2/c1-30(2,3)37(7,8)35-27-20-21-32(22-28(27)36-38(9,10)31(4,5)6)25-18-14-15-19-26(25)33(29(32)34)23-24-16-12-11-13-17-24/h11-19,22,27H,20-21,23H2,1-10H3/t27-,32-/m1/s1. The van der Waals surface area contributed by atoms with Crippen LogP contribution in [0.15, 0.2) is 66.4 Å². The molecule has 1 spiro atoms. The van der Waals surface area contributed by atoms with E-state index in [1.165, 1.54) is 0 Å². The summed E-state index contributed by atoms with van der Waals surface area (Å²) in [4.78, 5) is 16.4. The Morgan fingerprint density at radius 1 is 0.868 bits per heavy atom. The summed E-state index contributed by atoms with van der Waals surface area (Å²) in [5.74, 6) is 1.02. The van der Waals surface area contributed by atoms with Gasteiger partial charge >= 0.3 is 0 Å². The first-order chi connectivity index (χ1) is 17.5. The van der Waals surface area contributed by atoms with Gasteiger partial charge < -0.3 is 13.8 Å². The second-order valence-corrected chi connectivity index (χ2v) is 23.7. The van der Waals surface area contributed by atoms with E-state index >= 15 is 0 Å². The highest BCUT2D eigenvalue weighted by Crippen LogP contribution is 2.52. The Hall–Kier alpha value is -2.16. The van der Waals surface area contributed by atoms with Crippen molar-refractivity contribution in [3.8, 4) is 0 Å². The Labute approximate surface area is 232 Å². The molecule has 38 heavy (non-hydrogen) atoms. The van der Waals surface area contributed by atoms with Crippen LogP contribution in [-0.4, -0.2) is 28.6 Å². The number of carbonyl (C=O) groups is 1. The highest BCUT2D eigenvalue weighted by molar-refractivity contribution is 6.75. The Morgan fingerprint density at radius 2 is 1.45 bits per heavy atom. The Bertz CT molecular complexity index is 1210. The molecule has 0 bridgehead atoms. The minimum atomic E-state index is -2.17. The molecule has 0 aromatic heterocycles. The van der Waals surface area contributed by atoms with E-state index in [1.807, 2.05) is 29.2 Å². The van der Waals surface area contributed by atoms with Crippen molar-refractivity contribution in [3.05, 3.63) is 77.6 Å². The lowest BCUT2D eigenvalue weighted by molar-refractivity contribution is -0.122. The van der Waals surface area contributed by atoms with Crippen molar-refractivity contribution in [1.29, 1.82) is 0 Å². The van der Waals surface area contributed by atoms with Gasteiger partial charge in [-0.25, -0.2) is 0 Å². The molecule has 2 aromatic rings. The van der Waals surface area contributed by atoms with Crippen molar-refractivity contribution >= 4 is 28.2 Å². The average Bonchev–Trinajstić information content (AvgIpc) is 3.03. The van der Waals surface area contributed by atoms with Crippen LogP contribution >= 0.6 is 0 Å². The number of carbonyl (C=O) groups excluding carboxylic acids is 1. The molecule has 1 aliphatic carbocycles. The molecule has 4 rings (SSSR count). The van der Waals surface area contributed by atoms with Gasteiger partial charge in [-0.1, -0.05) is 90.1 Å². The van der Waals surface area contributed by atoms with Gasteiger partial charge in [0.2, 0.25) is 14.2 Å². The molecular weight excluding hydrogens is 503 g/mol. The van der Waals surface area contributed by atoms with Crippen LogP contribution in [0.2, 0.25) is 36.3 Å². The maximum Gasteiger partial charge on any atom is 0.250 e. The molecule has 4 nitrogen and oxygen atoms in total. The van der Waals surface area contributed by atoms with Crippen molar-refractivity contribution in [2.24, 2.45) is 0 Å². The van der Waals surface area contributed by atoms with Crippen LogP contribution in [0.5, 0.6) is 0 Å². The zero-order valence-corrected chi connectivity index (χ0v) is 27.1. The number of rotatable bonds is 6. The Balaban J connectivity index is 1.81. The molecule has 0 saturated carbocycles. The first kappa shape index (κ1) is 28.8. The first-order valence-electron chi connectivity index (χ1n) is 14.0. The van der Waals surface area contributed by atoms with E-state index in [0.717, 1.165) is 35.4 Å². The number of anilines is 1. The highest BCUT2D eigenvalue weighted by Gasteiger charge is 2.54. The molecule has 0 saturated heterocycles. The number of hydrogen-bond acceptors (Lipinski definition) is 3. The summed E-state index contributed by atoms with van der Waals surface area (Å²) in [5, 5.41) is 0.128. The summed E-state index contributed by atoms with van der Waals surface area (Å²) in [6.45, 7) is 23.4. The molecule has 1 amide bonds. The molecule has 0 fully saturated rings. The molecule has 206 valence electrons. The third kappa shape index (κ3) is 5.19. The molecule has 1 aliphatic heterocycles. The lowest BCUT2D eigenvalue weighted by Gasteiger charge is -2.45. The van der Waals surface area contributed by atoms with Crippen LogP contribution in [-0.2, 0) is 25.6 Å². The van der Waals surface area contributed by atoms with Crippen LogP contribution in [0, 0.1) is 0 Å². The summed E-state index contributed by atoms with van der Waals surface area (Å²) in [5.41, 5.74) is 2.50. The normalized spacial score (nSPS) is 22.5. The van der Waals surface area contributed by atoms with E-state index in [0.29, 0.717) is 6.54 Å². The smallest absolute Gasteiger partial charge is 0.250 e. The van der Waals surface area contributed by atoms with Crippen LogP contribution in [0.25, 0.3) is 0 Å². The monoisotopic (exact) mass is 549 g/mol. The maximum absolute atomic E-state index is 14.4. The van der Waals surface area contributed by atoms with E-state index in [-0.39, 0.29) is 22.1 Å². The molecule has 2 aromatic carbocycles. The van der Waals surface area contributed by atoms with Gasteiger partial charge in [0.05, 0.1) is 12.0 Å². The van der Waals surface area contributed by atoms with Crippen LogP contribution in [0.3, 0.4) is 0 Å². The number of benzene rings is 2. The van der Waals surface area contributed by atoms with Crippen molar-refractivity contribution in [3.63, 3.8) is 0 Å². The van der Waals surface area contributed by atoms with E-state index < -0.39 is 22.0 Å². The van der Waals surface area contributed by atoms with Crippen LogP contribution in [0.4, 0.5) is 5.69 Å². The highest BCUT2D eigenvalue weighted by atomic mass is 28.4. The second-order valence-electron chi connectivity index (χ2n) is 14.2.